The molecule has 0 saturated heterocycles. The second-order valence-corrected chi connectivity index (χ2v) is 2.21. The van der Waals surface area contributed by atoms with Crippen LogP contribution in [0.4, 0.5) is 5.82 Å². The van der Waals surface area contributed by atoms with Gasteiger partial charge in [-0.1, -0.05) is 0 Å². The lowest BCUT2D eigenvalue weighted by Gasteiger charge is -2.08. The number of H-pyrrole nitrogens is 1. The van der Waals surface area contributed by atoms with Gasteiger partial charge in [0.05, 0.1) is 6.33 Å². The second-order valence-electron chi connectivity index (χ2n) is 2.21. The van der Waals surface area contributed by atoms with Crippen molar-refractivity contribution in [1.29, 1.82) is 0 Å². The quantitative estimate of drug-likeness (QED) is 0.365. The van der Waals surface area contributed by atoms with Crippen molar-refractivity contribution < 1.29 is 0 Å². The maximum absolute atomic E-state index is 5.31. The molecule has 0 fully saturated rings. The summed E-state index contributed by atoms with van der Waals surface area (Å²) in [5.41, 5.74) is 1.17. The first-order valence-corrected chi connectivity index (χ1v) is 3.22. The minimum Gasteiger partial charge on any atom is -0.340 e. The van der Waals surface area contributed by atoms with Gasteiger partial charge in [-0.05, 0) is 0 Å². The van der Waals surface area contributed by atoms with Crippen LogP contribution in [0.1, 0.15) is 0 Å². The number of rotatable bonds is 1. The third kappa shape index (κ3) is 0.881. The van der Waals surface area contributed by atoms with Crippen LogP contribution in [0.15, 0.2) is 12.7 Å². The molecule has 62 valence electrons. The number of hydrogen-bond donors (Lipinski definition) is 3. The minimum absolute atomic E-state index is 0.414. The monoisotopic (exact) mass is 165 g/mol. The number of nitrogens with one attached hydrogen (secondary N) is 1. The molecule has 5 N–H and O–H groups in total. The maximum Gasteiger partial charge on any atom is 0.187 e. The Bertz CT molecular complexity index is 391. The summed E-state index contributed by atoms with van der Waals surface area (Å²) < 4.78 is 0. The fourth-order valence-corrected chi connectivity index (χ4v) is 0.948. The molecular weight excluding hydrogens is 158 g/mol. The summed E-state index contributed by atoms with van der Waals surface area (Å²) >= 11 is 0. The summed E-state index contributed by atoms with van der Waals surface area (Å²) in [5.74, 6) is 11.0. The molecule has 2 aromatic heterocycles. The summed E-state index contributed by atoms with van der Waals surface area (Å²) in [4.78, 5) is 14.5. The molecule has 12 heavy (non-hydrogen) atoms. The van der Waals surface area contributed by atoms with Gasteiger partial charge in [0.1, 0.15) is 11.8 Å². The third-order valence-electron chi connectivity index (χ3n) is 1.45. The Morgan fingerprint density at radius 1 is 1.25 bits per heavy atom. The van der Waals surface area contributed by atoms with E-state index in [1.807, 2.05) is 0 Å². The molecule has 0 bridgehead atoms. The van der Waals surface area contributed by atoms with Crippen molar-refractivity contribution in [3.8, 4) is 0 Å². The Morgan fingerprint density at radius 3 is 2.83 bits per heavy atom. The summed E-state index contributed by atoms with van der Waals surface area (Å²) in [5, 5.41) is 0.919. The van der Waals surface area contributed by atoms with Crippen LogP contribution in [-0.4, -0.2) is 19.9 Å². The van der Waals surface area contributed by atoms with E-state index in [4.69, 9.17) is 11.7 Å². The Kier molecular flexibility index (Phi) is 1.39. The zero-order valence-corrected chi connectivity index (χ0v) is 6.10. The van der Waals surface area contributed by atoms with Gasteiger partial charge >= 0.3 is 0 Å². The number of imidazole rings is 1. The van der Waals surface area contributed by atoms with Gasteiger partial charge in [0.15, 0.2) is 11.5 Å². The molecule has 7 heteroatoms. The number of aromatic nitrogens is 4. The lowest BCUT2D eigenvalue weighted by atomic mass is 10.5. The molecule has 0 aromatic carbocycles. The van der Waals surface area contributed by atoms with Crippen LogP contribution in [0.25, 0.3) is 11.2 Å². The van der Waals surface area contributed by atoms with Crippen molar-refractivity contribution in [2.75, 3.05) is 5.12 Å². The number of aromatic amines is 1. The van der Waals surface area contributed by atoms with E-state index in [9.17, 15) is 0 Å². The second kappa shape index (κ2) is 2.40. The average Bonchev–Trinajstić information content (AvgIpc) is 2.49. The average molecular weight is 165 g/mol. The van der Waals surface area contributed by atoms with E-state index >= 15 is 0 Å². The molecule has 0 aliphatic rings. The highest BCUT2D eigenvalue weighted by Gasteiger charge is 2.06. The first kappa shape index (κ1) is 6.95. The number of hydrazine groups is 2. The zero-order chi connectivity index (χ0) is 8.55. The van der Waals surface area contributed by atoms with E-state index in [1.54, 1.807) is 0 Å². The van der Waals surface area contributed by atoms with E-state index < -0.39 is 0 Å². The number of anilines is 1. The van der Waals surface area contributed by atoms with Gasteiger partial charge in [0.25, 0.3) is 0 Å². The minimum atomic E-state index is 0.414. The lowest BCUT2D eigenvalue weighted by molar-refractivity contribution is 0.896. The predicted molar refractivity (Wildman–Crippen MR) is 42.5 cm³/mol. The Balaban J connectivity index is 2.73. The van der Waals surface area contributed by atoms with E-state index in [0.717, 1.165) is 5.12 Å². The van der Waals surface area contributed by atoms with E-state index in [-0.39, 0.29) is 0 Å². The molecule has 2 aromatic rings. The topological polar surface area (TPSA) is 110 Å². The molecule has 0 spiro atoms. The smallest absolute Gasteiger partial charge is 0.187 e. The fraction of sp³-hybridized carbons (Fsp3) is 0. The van der Waals surface area contributed by atoms with Crippen molar-refractivity contribution in [2.24, 2.45) is 11.7 Å². The highest BCUT2D eigenvalue weighted by Crippen LogP contribution is 2.14. The molecule has 0 aliphatic heterocycles. The van der Waals surface area contributed by atoms with Crippen LogP contribution < -0.4 is 16.8 Å². The SMILES string of the molecule is NN(N)c1ncnc2nc[nH]c12. The summed E-state index contributed by atoms with van der Waals surface area (Å²) in [7, 11) is 0. The van der Waals surface area contributed by atoms with Crippen molar-refractivity contribution >= 4 is 17.0 Å². The summed E-state index contributed by atoms with van der Waals surface area (Å²) in [6.45, 7) is 0. The zero-order valence-electron chi connectivity index (χ0n) is 6.10. The fourth-order valence-electron chi connectivity index (χ4n) is 0.948. The number of fused-ring (bicyclic) bond motifs is 1. The molecule has 0 atom stereocenters. The largest absolute Gasteiger partial charge is 0.340 e. The molecule has 0 amide bonds. The van der Waals surface area contributed by atoms with Crippen LogP contribution in [-0.2, 0) is 0 Å². The molecule has 0 saturated carbocycles. The van der Waals surface area contributed by atoms with E-state index in [1.165, 1.54) is 12.7 Å². The molecule has 0 radical (unpaired) electrons. The van der Waals surface area contributed by atoms with Crippen molar-refractivity contribution in [1.82, 2.24) is 19.9 Å². The van der Waals surface area contributed by atoms with Gasteiger partial charge < -0.3 is 4.98 Å². The first-order chi connectivity index (χ1) is 5.79. The number of nitrogens with zero attached hydrogens (tertiary/aromatic N) is 4. The first-order valence-electron chi connectivity index (χ1n) is 3.22. The van der Waals surface area contributed by atoms with Crippen molar-refractivity contribution in [3.05, 3.63) is 12.7 Å². The van der Waals surface area contributed by atoms with Crippen LogP contribution in [0.2, 0.25) is 0 Å². The molecule has 2 rings (SSSR count). The van der Waals surface area contributed by atoms with Gasteiger partial charge in [-0.15, -0.1) is 0 Å². The summed E-state index contributed by atoms with van der Waals surface area (Å²) in [6.07, 6.45) is 2.86. The Morgan fingerprint density at radius 2 is 2.08 bits per heavy atom. The van der Waals surface area contributed by atoms with Crippen molar-refractivity contribution in [2.45, 2.75) is 0 Å². The summed E-state index contributed by atoms with van der Waals surface area (Å²) in [6, 6.07) is 0. The molecule has 0 aliphatic carbocycles. The van der Waals surface area contributed by atoms with Crippen LogP contribution in [0.3, 0.4) is 0 Å². The molecule has 2 heterocycles. The van der Waals surface area contributed by atoms with Gasteiger partial charge in [0.2, 0.25) is 0 Å². The standard InChI is InChI=1S/C5H7N7/c6-12(7)5-3-4(9-1-8-3)10-2-11-5/h1-2H,6-7H2,(H,8,9,10,11). The van der Waals surface area contributed by atoms with Gasteiger partial charge in [-0.25, -0.2) is 31.8 Å². The Hall–Kier alpha value is -1.73. The van der Waals surface area contributed by atoms with Crippen molar-refractivity contribution in [3.63, 3.8) is 0 Å². The van der Waals surface area contributed by atoms with Gasteiger partial charge in [0, 0.05) is 0 Å². The normalized spacial score (nSPS) is 10.5. The molecule has 0 unspecified atom stereocenters. The lowest BCUT2D eigenvalue weighted by Crippen LogP contribution is -2.38. The molecule has 7 nitrogen and oxygen atoms in total. The van der Waals surface area contributed by atoms with Crippen LogP contribution in [0.5, 0.6) is 0 Å². The van der Waals surface area contributed by atoms with Gasteiger partial charge in [-0.3, -0.25) is 0 Å². The predicted octanol–water partition coefficient (Wildman–Crippen LogP) is -1.09. The van der Waals surface area contributed by atoms with E-state index in [2.05, 4.69) is 19.9 Å². The molecular formula is C5H7N7. The number of hydrogen-bond acceptors (Lipinski definition) is 6. The highest BCUT2D eigenvalue weighted by molar-refractivity contribution is 5.81. The third-order valence-corrected chi connectivity index (χ3v) is 1.45. The highest BCUT2D eigenvalue weighted by atomic mass is 15.6. The maximum atomic E-state index is 5.31. The van der Waals surface area contributed by atoms with Crippen LogP contribution in [0, 0.1) is 0 Å². The van der Waals surface area contributed by atoms with Crippen LogP contribution >= 0.6 is 0 Å². The number of nitrogens with two attached hydrogens (primary N) is 2. The van der Waals surface area contributed by atoms with Gasteiger partial charge in [-0.2, -0.15) is 0 Å². The van der Waals surface area contributed by atoms with E-state index in [0.29, 0.717) is 17.0 Å². The Labute approximate surface area is 67.4 Å².